The minimum Gasteiger partial charge on any atom is -0.466 e. The number of aliphatic hydroxyl groups excluding tert-OH is 2. The van der Waals surface area contributed by atoms with Crippen LogP contribution in [0.25, 0.3) is 0 Å². The van der Waals surface area contributed by atoms with E-state index in [-0.39, 0.29) is 18.5 Å². The maximum atomic E-state index is 12.5. The van der Waals surface area contributed by atoms with E-state index in [1.807, 2.05) is 0 Å². The predicted octanol–water partition coefficient (Wildman–Crippen LogP) is 21.0. The summed E-state index contributed by atoms with van der Waals surface area (Å²) in [7, 11) is 0. The van der Waals surface area contributed by atoms with Crippen molar-refractivity contribution in [2.75, 3.05) is 13.2 Å². The quantitative estimate of drug-likeness (QED) is 0.0320. The van der Waals surface area contributed by atoms with Crippen LogP contribution in [0.1, 0.15) is 367 Å². The molecule has 0 aliphatic heterocycles. The van der Waals surface area contributed by atoms with Crippen LogP contribution in [0.3, 0.4) is 0 Å². The van der Waals surface area contributed by atoms with Crippen molar-refractivity contribution in [3.63, 3.8) is 0 Å². The van der Waals surface area contributed by atoms with Crippen LogP contribution in [-0.4, -0.2) is 47.4 Å². The van der Waals surface area contributed by atoms with Crippen molar-refractivity contribution >= 4 is 11.9 Å². The predicted molar refractivity (Wildman–Crippen MR) is 320 cm³/mol. The van der Waals surface area contributed by atoms with Gasteiger partial charge in [0.25, 0.3) is 0 Å². The summed E-state index contributed by atoms with van der Waals surface area (Å²) in [6.07, 6.45) is 77.7. The van der Waals surface area contributed by atoms with Crippen molar-refractivity contribution in [3.05, 3.63) is 24.3 Å². The fourth-order valence-electron chi connectivity index (χ4n) is 10.4. The molecule has 432 valence electrons. The highest BCUT2D eigenvalue weighted by Crippen LogP contribution is 2.18. The van der Waals surface area contributed by atoms with Gasteiger partial charge in [-0.25, -0.2) is 0 Å². The molecule has 0 saturated carbocycles. The Labute approximate surface area is 456 Å². The Hall–Kier alpha value is -1.66. The molecule has 6 heteroatoms. The molecule has 0 bridgehead atoms. The fraction of sp³-hybridized carbons (Fsp3) is 0.910. The Morgan fingerprint density at radius 3 is 1.07 bits per heavy atom. The number of carbonyl (C=O) groups excluding carboxylic acids is 2. The number of rotatable bonds is 62. The number of amides is 1. The molecule has 0 radical (unpaired) electrons. The van der Waals surface area contributed by atoms with Crippen LogP contribution < -0.4 is 5.32 Å². The molecular formula is C67H129NO5. The van der Waals surface area contributed by atoms with Crippen LogP contribution in [0.2, 0.25) is 0 Å². The van der Waals surface area contributed by atoms with Crippen molar-refractivity contribution in [2.24, 2.45) is 0 Å². The second-order valence-electron chi connectivity index (χ2n) is 22.8. The summed E-state index contributed by atoms with van der Waals surface area (Å²) in [6, 6.07) is -0.539. The van der Waals surface area contributed by atoms with Gasteiger partial charge < -0.3 is 20.3 Å². The molecule has 0 aromatic heterocycles. The molecule has 2 unspecified atom stereocenters. The zero-order chi connectivity index (χ0) is 52.9. The Kier molecular flexibility index (Phi) is 61.4. The molecule has 0 rings (SSSR count). The van der Waals surface area contributed by atoms with Crippen LogP contribution in [0, 0.1) is 0 Å². The van der Waals surface area contributed by atoms with Crippen LogP contribution in [0.4, 0.5) is 0 Å². The van der Waals surface area contributed by atoms with Crippen molar-refractivity contribution in [3.8, 4) is 0 Å². The van der Waals surface area contributed by atoms with Gasteiger partial charge in [-0.2, -0.15) is 0 Å². The Balaban J connectivity index is 3.34. The van der Waals surface area contributed by atoms with Gasteiger partial charge in [0.1, 0.15) is 0 Å². The SMILES string of the molecule is CCCCC/C=C\C/C=C\CCCCCCCCCC(=O)OCCCCCCCCCCCCCCCCCCCCCCCCCCCC(=O)NC(CO)C(O)CCCCCCCCCCCCCCCC. The lowest BCUT2D eigenvalue weighted by Gasteiger charge is -2.22. The van der Waals surface area contributed by atoms with Crippen molar-refractivity contribution < 1.29 is 24.5 Å². The largest absolute Gasteiger partial charge is 0.466 e. The Bertz CT molecular complexity index is 1140. The summed E-state index contributed by atoms with van der Waals surface area (Å²) < 4.78 is 5.50. The maximum Gasteiger partial charge on any atom is 0.305 e. The average molecular weight is 1030 g/mol. The minimum absolute atomic E-state index is 0.00918. The van der Waals surface area contributed by atoms with Gasteiger partial charge >= 0.3 is 5.97 Å². The van der Waals surface area contributed by atoms with Gasteiger partial charge in [-0.1, -0.05) is 321 Å². The van der Waals surface area contributed by atoms with Gasteiger partial charge in [0.2, 0.25) is 5.91 Å². The van der Waals surface area contributed by atoms with Crippen LogP contribution in [0.15, 0.2) is 24.3 Å². The molecule has 6 nitrogen and oxygen atoms in total. The molecule has 0 aromatic carbocycles. The number of ether oxygens (including phenoxy) is 1. The minimum atomic E-state index is -0.662. The summed E-state index contributed by atoms with van der Waals surface area (Å²) in [4.78, 5) is 24.6. The van der Waals surface area contributed by atoms with Gasteiger partial charge in [0.15, 0.2) is 0 Å². The first-order valence-corrected chi connectivity index (χ1v) is 33.1. The smallest absolute Gasteiger partial charge is 0.305 e. The molecule has 0 aromatic rings. The van der Waals surface area contributed by atoms with E-state index in [0.29, 0.717) is 25.9 Å². The normalized spacial score (nSPS) is 12.7. The molecule has 73 heavy (non-hydrogen) atoms. The lowest BCUT2D eigenvalue weighted by Crippen LogP contribution is -2.45. The molecular weight excluding hydrogens is 899 g/mol. The summed E-state index contributed by atoms with van der Waals surface area (Å²) in [5.41, 5.74) is 0. The van der Waals surface area contributed by atoms with Crippen LogP contribution >= 0.6 is 0 Å². The number of esters is 1. The topological polar surface area (TPSA) is 95.9 Å². The summed E-state index contributed by atoms with van der Waals surface area (Å²) in [5.74, 6) is -0.0220. The average Bonchev–Trinajstić information content (AvgIpc) is 3.39. The molecule has 0 aliphatic carbocycles. The van der Waals surface area contributed by atoms with E-state index < -0.39 is 12.1 Å². The van der Waals surface area contributed by atoms with Gasteiger partial charge in [0, 0.05) is 12.8 Å². The van der Waals surface area contributed by atoms with Gasteiger partial charge in [-0.15, -0.1) is 0 Å². The van der Waals surface area contributed by atoms with Gasteiger partial charge in [-0.3, -0.25) is 9.59 Å². The van der Waals surface area contributed by atoms with Gasteiger partial charge in [0.05, 0.1) is 25.4 Å². The monoisotopic (exact) mass is 1030 g/mol. The highest BCUT2D eigenvalue weighted by molar-refractivity contribution is 5.76. The lowest BCUT2D eigenvalue weighted by molar-refractivity contribution is -0.143. The van der Waals surface area contributed by atoms with E-state index in [4.69, 9.17) is 4.74 Å². The van der Waals surface area contributed by atoms with E-state index in [9.17, 15) is 19.8 Å². The molecule has 0 fully saturated rings. The summed E-state index contributed by atoms with van der Waals surface area (Å²) in [5, 5.41) is 23.3. The molecule has 1 amide bonds. The number of hydrogen-bond donors (Lipinski definition) is 3. The van der Waals surface area contributed by atoms with Crippen molar-refractivity contribution in [1.82, 2.24) is 5.32 Å². The molecule has 0 saturated heterocycles. The maximum absolute atomic E-state index is 12.5. The first kappa shape index (κ1) is 71.3. The van der Waals surface area contributed by atoms with Crippen molar-refractivity contribution in [1.29, 1.82) is 0 Å². The highest BCUT2D eigenvalue weighted by Gasteiger charge is 2.20. The number of hydrogen-bond acceptors (Lipinski definition) is 5. The zero-order valence-corrected chi connectivity index (χ0v) is 49.4. The second-order valence-corrected chi connectivity index (χ2v) is 22.8. The van der Waals surface area contributed by atoms with E-state index in [2.05, 4.69) is 43.5 Å². The van der Waals surface area contributed by atoms with E-state index in [0.717, 1.165) is 51.4 Å². The summed E-state index contributed by atoms with van der Waals surface area (Å²) >= 11 is 0. The fourth-order valence-corrected chi connectivity index (χ4v) is 10.4. The van der Waals surface area contributed by atoms with E-state index >= 15 is 0 Å². The molecule has 3 N–H and O–H groups in total. The zero-order valence-electron chi connectivity index (χ0n) is 49.4. The third-order valence-electron chi connectivity index (χ3n) is 15.5. The number of allylic oxidation sites excluding steroid dienone is 4. The second kappa shape index (κ2) is 62.9. The number of nitrogens with one attached hydrogen (secondary N) is 1. The first-order chi connectivity index (χ1) is 36.0. The Morgan fingerprint density at radius 1 is 0.384 bits per heavy atom. The Morgan fingerprint density at radius 2 is 0.685 bits per heavy atom. The standard InChI is InChI=1S/C67H129NO5/c1-3-5-7-9-11-13-15-17-19-29-33-37-41-45-49-53-57-61-67(72)73-62-58-54-50-46-42-38-34-31-28-26-24-22-20-21-23-25-27-30-32-36-40-44-48-52-56-60-66(71)68-64(63-69)65(70)59-55-51-47-43-39-35-18-16-14-12-10-8-6-4-2/h11,13,17,19,64-65,69-70H,3-10,12,14-16,18,20-63H2,1-2H3,(H,68,71)/b13-11-,19-17-. The third kappa shape index (κ3) is 59.4. The molecule has 0 aliphatic rings. The van der Waals surface area contributed by atoms with Crippen molar-refractivity contribution in [2.45, 2.75) is 379 Å². The number of aliphatic hydroxyl groups is 2. The van der Waals surface area contributed by atoms with E-state index in [1.54, 1.807) is 0 Å². The molecule has 0 heterocycles. The lowest BCUT2D eigenvalue weighted by atomic mass is 10.0. The van der Waals surface area contributed by atoms with E-state index in [1.165, 1.54) is 283 Å². The van der Waals surface area contributed by atoms with Crippen LogP contribution in [-0.2, 0) is 14.3 Å². The number of unbranched alkanes of at least 4 members (excludes halogenated alkanes) is 47. The molecule has 2 atom stereocenters. The third-order valence-corrected chi connectivity index (χ3v) is 15.5. The molecule has 0 spiro atoms. The number of carbonyl (C=O) groups is 2. The first-order valence-electron chi connectivity index (χ1n) is 33.1. The highest BCUT2D eigenvalue weighted by atomic mass is 16.5. The summed E-state index contributed by atoms with van der Waals surface area (Å²) in [6.45, 7) is 4.95. The van der Waals surface area contributed by atoms with Gasteiger partial charge in [-0.05, 0) is 57.8 Å². The van der Waals surface area contributed by atoms with Crippen LogP contribution in [0.5, 0.6) is 0 Å².